The maximum Gasteiger partial charge on any atom is 0.325 e. The molecule has 1 aliphatic rings. The summed E-state index contributed by atoms with van der Waals surface area (Å²) in [4.78, 5) is 26.5. The molecule has 1 fully saturated rings. The minimum atomic E-state index is -1.02. The fraction of sp³-hybridized carbons (Fsp3) is 0.667. The van der Waals surface area contributed by atoms with Gasteiger partial charge < -0.3 is 14.9 Å². The average Bonchev–Trinajstić information content (AvgIpc) is 3.05. The molecule has 8 nitrogen and oxygen atoms in total. The number of rotatable bonds is 6. The Balaban J connectivity index is 1.85. The Kier molecular flexibility index (Phi) is 4.67. The number of likely N-dealkylation sites (N-methyl/N-ethyl adjacent to an activating group) is 1. The molecule has 0 unspecified atom stereocenters. The van der Waals surface area contributed by atoms with Gasteiger partial charge in [-0.1, -0.05) is 5.21 Å². The standard InChI is InChI=1S/C12H19N5O3/c1-15(6-7-16-4-2-3-5-16)12(20)10-8-17(14-13-10)9-11(18)19/h8H,2-7,9H2,1H3,(H,18,19). The van der Waals surface area contributed by atoms with Crippen LogP contribution in [0.25, 0.3) is 0 Å². The maximum atomic E-state index is 12.1. The molecule has 8 heteroatoms. The first-order chi connectivity index (χ1) is 9.56. The largest absolute Gasteiger partial charge is 0.480 e. The van der Waals surface area contributed by atoms with Crippen molar-refractivity contribution in [3.63, 3.8) is 0 Å². The Hall–Kier alpha value is -1.96. The van der Waals surface area contributed by atoms with Gasteiger partial charge in [0, 0.05) is 20.1 Å². The van der Waals surface area contributed by atoms with Crippen LogP contribution in [0.15, 0.2) is 6.20 Å². The van der Waals surface area contributed by atoms with Crippen LogP contribution >= 0.6 is 0 Å². The third kappa shape index (κ3) is 3.77. The van der Waals surface area contributed by atoms with Crippen molar-refractivity contribution in [3.05, 3.63) is 11.9 Å². The lowest BCUT2D eigenvalue weighted by Gasteiger charge is -2.20. The Labute approximate surface area is 117 Å². The summed E-state index contributed by atoms with van der Waals surface area (Å²) in [6.07, 6.45) is 3.81. The zero-order valence-electron chi connectivity index (χ0n) is 11.5. The topological polar surface area (TPSA) is 91.6 Å². The van der Waals surface area contributed by atoms with Gasteiger partial charge in [-0.05, 0) is 25.9 Å². The number of carbonyl (C=O) groups excluding carboxylic acids is 1. The zero-order chi connectivity index (χ0) is 14.5. The molecular weight excluding hydrogens is 262 g/mol. The highest BCUT2D eigenvalue weighted by Gasteiger charge is 2.18. The molecule has 1 aromatic rings. The van der Waals surface area contributed by atoms with Crippen LogP contribution in [0.3, 0.4) is 0 Å². The number of aromatic nitrogens is 3. The van der Waals surface area contributed by atoms with E-state index in [0.717, 1.165) is 24.3 Å². The predicted octanol–water partition coefficient (Wildman–Crippen LogP) is -0.469. The van der Waals surface area contributed by atoms with Crippen molar-refractivity contribution in [3.8, 4) is 0 Å². The minimum Gasteiger partial charge on any atom is -0.480 e. The molecule has 1 N–H and O–H groups in total. The van der Waals surface area contributed by atoms with Crippen molar-refractivity contribution < 1.29 is 14.7 Å². The van der Waals surface area contributed by atoms with E-state index in [4.69, 9.17) is 5.11 Å². The van der Waals surface area contributed by atoms with Crippen LogP contribution in [0.4, 0.5) is 0 Å². The molecule has 0 saturated carbocycles. The number of hydrogen-bond donors (Lipinski definition) is 1. The van der Waals surface area contributed by atoms with E-state index in [0.29, 0.717) is 6.54 Å². The van der Waals surface area contributed by atoms with E-state index >= 15 is 0 Å². The molecule has 2 heterocycles. The zero-order valence-corrected chi connectivity index (χ0v) is 11.5. The summed E-state index contributed by atoms with van der Waals surface area (Å²) in [5, 5.41) is 16.0. The van der Waals surface area contributed by atoms with E-state index in [2.05, 4.69) is 15.2 Å². The van der Waals surface area contributed by atoms with Crippen LogP contribution in [0, 0.1) is 0 Å². The minimum absolute atomic E-state index is 0.176. The van der Waals surface area contributed by atoms with Crippen LogP contribution < -0.4 is 0 Å². The normalized spacial score (nSPS) is 15.4. The van der Waals surface area contributed by atoms with Gasteiger partial charge in [0.2, 0.25) is 0 Å². The SMILES string of the molecule is CN(CCN1CCCC1)C(=O)c1cn(CC(=O)O)nn1. The highest BCUT2D eigenvalue weighted by atomic mass is 16.4. The first-order valence-corrected chi connectivity index (χ1v) is 6.66. The Bertz CT molecular complexity index is 481. The number of carboxylic acid groups (broad SMARTS) is 1. The van der Waals surface area contributed by atoms with Gasteiger partial charge in [-0.15, -0.1) is 5.10 Å². The number of likely N-dealkylation sites (tertiary alicyclic amines) is 1. The van der Waals surface area contributed by atoms with E-state index in [9.17, 15) is 9.59 Å². The van der Waals surface area contributed by atoms with Crippen molar-refractivity contribution in [2.24, 2.45) is 0 Å². The van der Waals surface area contributed by atoms with E-state index in [1.807, 2.05) is 0 Å². The molecule has 0 aliphatic carbocycles. The second kappa shape index (κ2) is 6.47. The summed E-state index contributed by atoms with van der Waals surface area (Å²) in [7, 11) is 1.72. The molecule has 1 amide bonds. The van der Waals surface area contributed by atoms with Gasteiger partial charge in [0.15, 0.2) is 5.69 Å². The predicted molar refractivity (Wildman–Crippen MR) is 70.3 cm³/mol. The van der Waals surface area contributed by atoms with E-state index < -0.39 is 5.97 Å². The second-order valence-electron chi connectivity index (χ2n) is 4.97. The van der Waals surface area contributed by atoms with Gasteiger partial charge in [0.25, 0.3) is 5.91 Å². The van der Waals surface area contributed by atoms with E-state index in [1.54, 1.807) is 11.9 Å². The summed E-state index contributed by atoms with van der Waals surface area (Å²) >= 11 is 0. The molecule has 0 spiro atoms. The Morgan fingerprint density at radius 2 is 2.10 bits per heavy atom. The Morgan fingerprint density at radius 3 is 2.75 bits per heavy atom. The van der Waals surface area contributed by atoms with Crippen molar-refractivity contribution in [1.82, 2.24) is 24.8 Å². The second-order valence-corrected chi connectivity index (χ2v) is 4.97. The molecule has 0 bridgehead atoms. The van der Waals surface area contributed by atoms with E-state index in [1.165, 1.54) is 19.0 Å². The number of nitrogens with zero attached hydrogens (tertiary/aromatic N) is 5. The number of carbonyl (C=O) groups is 2. The number of aliphatic carboxylic acids is 1. The maximum absolute atomic E-state index is 12.1. The number of carboxylic acids is 1. The quantitative estimate of drug-likeness (QED) is 0.758. The summed E-state index contributed by atoms with van der Waals surface area (Å²) in [5.74, 6) is -1.25. The third-order valence-corrected chi connectivity index (χ3v) is 3.35. The molecule has 20 heavy (non-hydrogen) atoms. The van der Waals surface area contributed by atoms with Crippen LogP contribution in [0.2, 0.25) is 0 Å². The third-order valence-electron chi connectivity index (χ3n) is 3.35. The summed E-state index contributed by atoms with van der Waals surface area (Å²) < 4.78 is 1.14. The molecule has 1 aromatic heterocycles. The van der Waals surface area contributed by atoms with Crippen molar-refractivity contribution in [2.75, 3.05) is 33.2 Å². The first kappa shape index (κ1) is 14.4. The monoisotopic (exact) mass is 281 g/mol. The lowest BCUT2D eigenvalue weighted by atomic mass is 10.4. The molecule has 2 rings (SSSR count). The smallest absolute Gasteiger partial charge is 0.325 e. The van der Waals surface area contributed by atoms with Crippen LogP contribution in [0.5, 0.6) is 0 Å². The molecule has 1 aliphatic heterocycles. The lowest BCUT2D eigenvalue weighted by molar-refractivity contribution is -0.137. The molecular formula is C12H19N5O3. The summed E-state index contributed by atoms with van der Waals surface area (Å²) in [6.45, 7) is 3.38. The molecule has 0 radical (unpaired) electrons. The molecule has 0 aromatic carbocycles. The van der Waals surface area contributed by atoms with Crippen molar-refractivity contribution >= 4 is 11.9 Å². The van der Waals surface area contributed by atoms with Crippen molar-refractivity contribution in [1.29, 1.82) is 0 Å². The number of hydrogen-bond acceptors (Lipinski definition) is 5. The van der Waals surface area contributed by atoms with Gasteiger partial charge in [-0.3, -0.25) is 9.59 Å². The summed E-state index contributed by atoms with van der Waals surface area (Å²) in [6, 6.07) is 0. The first-order valence-electron chi connectivity index (χ1n) is 6.66. The molecule has 110 valence electrons. The Morgan fingerprint density at radius 1 is 1.40 bits per heavy atom. The van der Waals surface area contributed by atoms with Crippen LogP contribution in [-0.4, -0.2) is 75.0 Å². The summed E-state index contributed by atoms with van der Waals surface area (Å²) in [5.41, 5.74) is 0.176. The van der Waals surface area contributed by atoms with Gasteiger partial charge >= 0.3 is 5.97 Å². The highest BCUT2D eigenvalue weighted by Crippen LogP contribution is 2.07. The van der Waals surface area contributed by atoms with E-state index in [-0.39, 0.29) is 18.1 Å². The average molecular weight is 281 g/mol. The van der Waals surface area contributed by atoms with Crippen LogP contribution in [-0.2, 0) is 11.3 Å². The van der Waals surface area contributed by atoms with Gasteiger partial charge in [-0.25, -0.2) is 4.68 Å². The number of amides is 1. The van der Waals surface area contributed by atoms with Gasteiger partial charge in [0.1, 0.15) is 6.54 Å². The fourth-order valence-corrected chi connectivity index (χ4v) is 2.21. The fourth-order valence-electron chi connectivity index (χ4n) is 2.21. The lowest BCUT2D eigenvalue weighted by Crippen LogP contribution is -2.35. The van der Waals surface area contributed by atoms with Crippen LogP contribution in [0.1, 0.15) is 23.3 Å². The molecule has 1 saturated heterocycles. The molecule has 0 atom stereocenters. The van der Waals surface area contributed by atoms with Gasteiger partial charge in [-0.2, -0.15) is 0 Å². The van der Waals surface area contributed by atoms with Gasteiger partial charge in [0.05, 0.1) is 6.20 Å². The van der Waals surface area contributed by atoms with Crippen molar-refractivity contribution in [2.45, 2.75) is 19.4 Å². The highest BCUT2D eigenvalue weighted by molar-refractivity contribution is 5.91.